The Kier molecular flexibility index (Phi) is 5.90. The van der Waals surface area contributed by atoms with E-state index in [1.807, 2.05) is 4.90 Å². The summed E-state index contributed by atoms with van der Waals surface area (Å²) < 4.78 is 18.8. The lowest BCUT2D eigenvalue weighted by Gasteiger charge is -2.33. The van der Waals surface area contributed by atoms with Gasteiger partial charge in [0, 0.05) is 31.9 Å². The number of anilines is 1. The molecule has 1 amide bonds. The molecule has 25 heavy (non-hydrogen) atoms. The molecule has 1 aromatic heterocycles. The second kappa shape index (κ2) is 8.53. The molecule has 0 aliphatic carbocycles. The maximum Gasteiger partial charge on any atom is 0.222 e. The van der Waals surface area contributed by atoms with Crippen LogP contribution in [0.2, 0.25) is 0 Å². The number of hydrogen-bond donors (Lipinski definition) is 1. The molecule has 1 aliphatic rings. The maximum absolute atomic E-state index is 13.0. The maximum atomic E-state index is 13.0. The highest BCUT2D eigenvalue weighted by molar-refractivity contribution is 5.76. The number of carbonyl (C=O) groups is 1. The zero-order chi connectivity index (χ0) is 17.5. The third kappa shape index (κ3) is 4.96. The van der Waals surface area contributed by atoms with E-state index in [9.17, 15) is 9.18 Å². The summed E-state index contributed by atoms with van der Waals surface area (Å²) in [4.78, 5) is 22.4. The smallest absolute Gasteiger partial charge is 0.222 e. The summed E-state index contributed by atoms with van der Waals surface area (Å²) in [6.45, 7) is 2.22. The van der Waals surface area contributed by atoms with E-state index in [0.717, 1.165) is 5.56 Å². The average Bonchev–Trinajstić information content (AvgIpc) is 2.66. The molecule has 1 aliphatic heterocycles. The zero-order valence-corrected chi connectivity index (χ0v) is 13.9. The second-order valence-electron chi connectivity index (χ2n) is 5.85. The summed E-state index contributed by atoms with van der Waals surface area (Å²) in [5.74, 6) is 0.395. The van der Waals surface area contributed by atoms with Crippen molar-refractivity contribution in [3.63, 3.8) is 0 Å². The van der Waals surface area contributed by atoms with Gasteiger partial charge in [0.1, 0.15) is 11.9 Å². The minimum Gasteiger partial charge on any atom is -0.370 e. The van der Waals surface area contributed by atoms with Crippen LogP contribution >= 0.6 is 0 Å². The Morgan fingerprint density at radius 3 is 2.80 bits per heavy atom. The Bertz CT molecular complexity index is 681. The van der Waals surface area contributed by atoms with Gasteiger partial charge in [-0.3, -0.25) is 4.79 Å². The fraction of sp³-hybridized carbons (Fsp3) is 0.389. The molecule has 3 rings (SSSR count). The molecular formula is C18H21FN4O2. The predicted octanol–water partition coefficient (Wildman–Crippen LogP) is 2.41. The van der Waals surface area contributed by atoms with Crippen molar-refractivity contribution < 1.29 is 13.9 Å². The molecular weight excluding hydrogens is 323 g/mol. The number of amides is 1. The van der Waals surface area contributed by atoms with Crippen LogP contribution < -0.4 is 5.32 Å². The number of nitrogens with one attached hydrogen (secondary N) is 1. The summed E-state index contributed by atoms with van der Waals surface area (Å²) in [5, 5.41) is 3.09. The Labute approximate surface area is 146 Å². The number of hydrogen-bond acceptors (Lipinski definition) is 5. The Hall–Kier alpha value is -2.54. The van der Waals surface area contributed by atoms with Gasteiger partial charge in [0.15, 0.2) is 0 Å². The number of morpholine rings is 1. The van der Waals surface area contributed by atoms with Gasteiger partial charge in [0.25, 0.3) is 0 Å². The van der Waals surface area contributed by atoms with Gasteiger partial charge < -0.3 is 15.0 Å². The number of ether oxygens (including phenoxy) is 1. The molecule has 0 unspecified atom stereocenters. The molecule has 1 N–H and O–H groups in total. The first-order chi connectivity index (χ1) is 12.2. The van der Waals surface area contributed by atoms with Gasteiger partial charge in [-0.15, -0.1) is 0 Å². The Morgan fingerprint density at radius 2 is 2.04 bits per heavy atom. The van der Waals surface area contributed by atoms with Crippen molar-refractivity contribution in [3.8, 4) is 0 Å². The van der Waals surface area contributed by atoms with Crippen LogP contribution in [0.5, 0.6) is 0 Å². The highest BCUT2D eigenvalue weighted by Gasteiger charge is 2.25. The number of rotatable bonds is 6. The van der Waals surface area contributed by atoms with Crippen LogP contribution in [0.25, 0.3) is 0 Å². The first kappa shape index (κ1) is 17.3. The molecule has 2 aromatic rings. The van der Waals surface area contributed by atoms with Crippen molar-refractivity contribution in [1.82, 2.24) is 14.9 Å². The topological polar surface area (TPSA) is 67.4 Å². The van der Waals surface area contributed by atoms with Gasteiger partial charge in [0.2, 0.25) is 11.9 Å². The van der Waals surface area contributed by atoms with Crippen LogP contribution in [-0.4, -0.2) is 47.0 Å². The monoisotopic (exact) mass is 344 g/mol. The largest absolute Gasteiger partial charge is 0.370 e. The molecule has 1 fully saturated rings. The predicted molar refractivity (Wildman–Crippen MR) is 91.4 cm³/mol. The summed E-state index contributed by atoms with van der Waals surface area (Å²) in [5.41, 5.74) is 0.891. The number of benzene rings is 1. The van der Waals surface area contributed by atoms with Gasteiger partial charge in [-0.1, -0.05) is 12.1 Å². The highest BCUT2D eigenvalue weighted by Crippen LogP contribution is 2.23. The lowest BCUT2D eigenvalue weighted by atomic mass is 10.1. The van der Waals surface area contributed by atoms with E-state index in [2.05, 4.69) is 15.3 Å². The fourth-order valence-corrected chi connectivity index (χ4v) is 2.74. The lowest BCUT2D eigenvalue weighted by molar-refractivity contribution is -0.139. The van der Waals surface area contributed by atoms with E-state index >= 15 is 0 Å². The first-order valence-corrected chi connectivity index (χ1v) is 8.38. The third-order valence-corrected chi connectivity index (χ3v) is 4.08. The Balaban J connectivity index is 1.44. The third-order valence-electron chi connectivity index (χ3n) is 4.08. The van der Waals surface area contributed by atoms with E-state index in [-0.39, 0.29) is 17.8 Å². The van der Waals surface area contributed by atoms with Gasteiger partial charge in [-0.2, -0.15) is 0 Å². The van der Waals surface area contributed by atoms with Crippen molar-refractivity contribution in [2.45, 2.75) is 18.9 Å². The molecule has 0 radical (unpaired) electrons. The summed E-state index contributed by atoms with van der Waals surface area (Å²) in [6.07, 6.45) is 4.30. The fourth-order valence-electron chi connectivity index (χ4n) is 2.74. The summed E-state index contributed by atoms with van der Waals surface area (Å²) in [6, 6.07) is 7.99. The highest BCUT2D eigenvalue weighted by atomic mass is 19.1. The van der Waals surface area contributed by atoms with Crippen molar-refractivity contribution in [3.05, 3.63) is 54.1 Å². The minimum absolute atomic E-state index is 0.103. The van der Waals surface area contributed by atoms with Crippen molar-refractivity contribution >= 4 is 11.9 Å². The van der Waals surface area contributed by atoms with Crippen LogP contribution in [0.1, 0.15) is 24.5 Å². The van der Waals surface area contributed by atoms with E-state index in [1.165, 1.54) is 12.1 Å². The molecule has 0 bridgehead atoms. The lowest BCUT2D eigenvalue weighted by Crippen LogP contribution is -2.42. The van der Waals surface area contributed by atoms with Crippen molar-refractivity contribution in [2.75, 3.05) is 31.6 Å². The number of halogens is 1. The molecule has 132 valence electrons. The summed E-state index contributed by atoms with van der Waals surface area (Å²) >= 11 is 0. The molecule has 0 saturated carbocycles. The van der Waals surface area contributed by atoms with E-state index in [0.29, 0.717) is 45.0 Å². The quantitative estimate of drug-likeness (QED) is 0.815. The number of carbonyl (C=O) groups excluding carboxylic acids is 1. The molecule has 1 saturated heterocycles. The van der Waals surface area contributed by atoms with Gasteiger partial charge in [0.05, 0.1) is 13.2 Å². The molecule has 0 spiro atoms. The minimum atomic E-state index is -0.276. The second-order valence-corrected chi connectivity index (χ2v) is 5.85. The first-order valence-electron chi connectivity index (χ1n) is 8.38. The molecule has 7 heteroatoms. The van der Waals surface area contributed by atoms with Crippen LogP contribution in [0.4, 0.5) is 10.3 Å². The van der Waals surface area contributed by atoms with Gasteiger partial charge in [-0.25, -0.2) is 14.4 Å². The summed E-state index contributed by atoms with van der Waals surface area (Å²) in [7, 11) is 0. The van der Waals surface area contributed by atoms with Crippen LogP contribution in [0, 0.1) is 5.82 Å². The van der Waals surface area contributed by atoms with E-state index in [4.69, 9.17) is 4.74 Å². The van der Waals surface area contributed by atoms with Crippen LogP contribution in [0.3, 0.4) is 0 Å². The molecule has 1 aromatic carbocycles. The zero-order valence-electron chi connectivity index (χ0n) is 13.9. The average molecular weight is 344 g/mol. The van der Waals surface area contributed by atoms with Crippen molar-refractivity contribution in [1.29, 1.82) is 0 Å². The number of aromatic nitrogens is 2. The SMILES string of the molecule is O=C(CCCNc1ncccn1)N1CCO[C@@H](c2ccc(F)cc2)C1. The van der Waals surface area contributed by atoms with E-state index in [1.54, 1.807) is 30.6 Å². The van der Waals surface area contributed by atoms with Crippen LogP contribution in [-0.2, 0) is 9.53 Å². The van der Waals surface area contributed by atoms with Crippen LogP contribution in [0.15, 0.2) is 42.7 Å². The molecule has 2 heterocycles. The van der Waals surface area contributed by atoms with Gasteiger partial charge >= 0.3 is 0 Å². The Morgan fingerprint density at radius 1 is 1.28 bits per heavy atom. The van der Waals surface area contributed by atoms with Crippen molar-refractivity contribution in [2.24, 2.45) is 0 Å². The normalized spacial score (nSPS) is 17.3. The standard InChI is InChI=1S/C18H21FN4O2/c19-15-6-4-14(5-7-15)16-13-23(11-12-25-16)17(24)3-1-8-20-18-21-9-2-10-22-18/h2,4-7,9-10,16H,1,3,8,11-13H2,(H,20,21,22)/t16-/m1/s1. The molecule has 6 nitrogen and oxygen atoms in total. The van der Waals surface area contributed by atoms with E-state index < -0.39 is 0 Å². The molecule has 1 atom stereocenters. The van der Waals surface area contributed by atoms with Gasteiger partial charge in [-0.05, 0) is 30.2 Å². The number of nitrogens with zero attached hydrogens (tertiary/aromatic N) is 3.